The van der Waals surface area contributed by atoms with Crippen molar-refractivity contribution in [3.8, 4) is 22.3 Å². The summed E-state index contributed by atoms with van der Waals surface area (Å²) < 4.78 is 2.64. The molecule has 0 aliphatic rings. The van der Waals surface area contributed by atoms with Crippen molar-refractivity contribution < 1.29 is 0 Å². The van der Waals surface area contributed by atoms with Crippen LogP contribution in [-0.2, 0) is 0 Å². The number of benzene rings is 9. The molecule has 0 fully saturated rings. The van der Waals surface area contributed by atoms with E-state index in [4.69, 9.17) is 0 Å². The summed E-state index contributed by atoms with van der Waals surface area (Å²) in [7, 11) is 0. The van der Waals surface area contributed by atoms with Gasteiger partial charge in [-0.05, 0) is 91.6 Å². The van der Waals surface area contributed by atoms with Crippen LogP contribution in [0, 0.1) is 0 Å². The zero-order chi connectivity index (χ0) is 33.0. The molecule has 50 heavy (non-hydrogen) atoms. The predicted molar refractivity (Wildman–Crippen MR) is 217 cm³/mol. The van der Waals surface area contributed by atoms with Crippen LogP contribution in [0.3, 0.4) is 0 Å². The number of thiophene rings is 1. The molecule has 0 spiro atoms. The van der Waals surface area contributed by atoms with E-state index in [2.05, 4.69) is 193 Å². The SMILES string of the molecule is c1ccc(-c2ccc(N(c3ccc(-c4cc5ccccc5c5ccccc45)cc3)c3cccc4ccc5c6ccccc6sc5c34)cc2)cc1. The Morgan fingerprint density at radius 3 is 1.74 bits per heavy atom. The fourth-order valence-electron chi connectivity index (χ4n) is 7.66. The molecule has 0 radical (unpaired) electrons. The third-order valence-corrected chi connectivity index (χ3v) is 11.2. The van der Waals surface area contributed by atoms with Crippen LogP contribution in [0.15, 0.2) is 188 Å². The first-order chi connectivity index (χ1) is 24.8. The third-order valence-electron chi connectivity index (χ3n) is 10.0. The van der Waals surface area contributed by atoms with Crippen molar-refractivity contribution in [2.24, 2.45) is 0 Å². The minimum atomic E-state index is 1.12. The first kappa shape index (κ1) is 28.8. The van der Waals surface area contributed by atoms with Gasteiger partial charge >= 0.3 is 0 Å². The highest BCUT2D eigenvalue weighted by Crippen LogP contribution is 2.46. The van der Waals surface area contributed by atoms with Crippen molar-refractivity contribution in [1.82, 2.24) is 0 Å². The molecule has 1 heterocycles. The standard InChI is InChI=1S/C48H31NS/c1-2-11-32(12-3-1)33-21-26-37(27-22-33)49(45-19-10-14-35-25-30-43-42-18-8-9-20-46(42)50-48(43)47(35)45)38-28-23-34(24-29-38)44-31-36-13-4-5-15-39(36)40-16-6-7-17-41(40)44/h1-31H. The van der Waals surface area contributed by atoms with Gasteiger partial charge in [-0.1, -0.05) is 146 Å². The van der Waals surface area contributed by atoms with E-state index in [1.807, 2.05) is 11.3 Å². The average molecular weight is 654 g/mol. The quantitative estimate of drug-likeness (QED) is 0.167. The van der Waals surface area contributed by atoms with Crippen molar-refractivity contribution >= 4 is 80.9 Å². The topological polar surface area (TPSA) is 3.24 Å². The van der Waals surface area contributed by atoms with Gasteiger partial charge in [0.15, 0.2) is 0 Å². The Kier molecular flexibility index (Phi) is 6.75. The Hall–Kier alpha value is -6.22. The molecule has 1 aromatic heterocycles. The summed E-state index contributed by atoms with van der Waals surface area (Å²) in [4.78, 5) is 2.43. The van der Waals surface area contributed by atoms with Gasteiger partial charge < -0.3 is 4.90 Å². The smallest absolute Gasteiger partial charge is 0.0554 e. The molecule has 9 aromatic carbocycles. The summed E-state index contributed by atoms with van der Waals surface area (Å²) in [6, 6.07) is 68.6. The van der Waals surface area contributed by atoms with Crippen LogP contribution in [0.1, 0.15) is 0 Å². The van der Waals surface area contributed by atoms with Gasteiger partial charge in [-0.3, -0.25) is 0 Å². The molecule has 0 saturated carbocycles. The van der Waals surface area contributed by atoms with Crippen LogP contribution >= 0.6 is 11.3 Å². The van der Waals surface area contributed by atoms with Crippen molar-refractivity contribution in [3.05, 3.63) is 188 Å². The monoisotopic (exact) mass is 653 g/mol. The minimum Gasteiger partial charge on any atom is -0.310 e. The van der Waals surface area contributed by atoms with Crippen molar-refractivity contribution in [3.63, 3.8) is 0 Å². The molecule has 0 atom stereocenters. The highest BCUT2D eigenvalue weighted by molar-refractivity contribution is 7.26. The maximum Gasteiger partial charge on any atom is 0.0554 e. The largest absolute Gasteiger partial charge is 0.310 e. The van der Waals surface area contributed by atoms with Crippen LogP contribution in [0.25, 0.3) is 74.7 Å². The Morgan fingerprint density at radius 2 is 0.960 bits per heavy atom. The molecule has 0 amide bonds. The van der Waals surface area contributed by atoms with E-state index in [1.165, 1.54) is 80.4 Å². The second-order valence-electron chi connectivity index (χ2n) is 12.9. The number of anilines is 3. The van der Waals surface area contributed by atoms with E-state index < -0.39 is 0 Å². The Bertz CT molecular complexity index is 2850. The molecule has 0 N–H and O–H groups in total. The second kappa shape index (κ2) is 11.7. The molecule has 0 saturated heterocycles. The first-order valence-corrected chi connectivity index (χ1v) is 17.9. The fraction of sp³-hybridized carbons (Fsp3) is 0. The van der Waals surface area contributed by atoms with E-state index in [9.17, 15) is 0 Å². The van der Waals surface area contributed by atoms with Gasteiger partial charge in [-0.2, -0.15) is 0 Å². The zero-order valence-corrected chi connectivity index (χ0v) is 28.1. The molecule has 0 unspecified atom stereocenters. The van der Waals surface area contributed by atoms with Gasteiger partial charge in [-0.25, -0.2) is 0 Å². The second-order valence-corrected chi connectivity index (χ2v) is 14.0. The number of hydrogen-bond acceptors (Lipinski definition) is 2. The summed E-state index contributed by atoms with van der Waals surface area (Å²) in [6.07, 6.45) is 0. The van der Waals surface area contributed by atoms with Crippen LogP contribution in [0.4, 0.5) is 17.1 Å². The average Bonchev–Trinajstić information content (AvgIpc) is 3.58. The molecular formula is C48H31NS. The van der Waals surface area contributed by atoms with Crippen LogP contribution in [0.2, 0.25) is 0 Å². The summed E-state index contributed by atoms with van der Waals surface area (Å²) in [5, 5.41) is 10.3. The summed E-state index contributed by atoms with van der Waals surface area (Å²) in [6.45, 7) is 0. The van der Waals surface area contributed by atoms with Gasteiger partial charge in [0.2, 0.25) is 0 Å². The predicted octanol–water partition coefficient (Wildman–Crippen LogP) is 14.3. The van der Waals surface area contributed by atoms with E-state index in [0.717, 1.165) is 11.4 Å². The molecule has 2 heteroatoms. The molecule has 0 bridgehead atoms. The molecule has 10 aromatic rings. The first-order valence-electron chi connectivity index (χ1n) is 17.1. The molecule has 0 aliphatic heterocycles. The van der Waals surface area contributed by atoms with E-state index in [0.29, 0.717) is 0 Å². The molecule has 10 rings (SSSR count). The van der Waals surface area contributed by atoms with Gasteiger partial charge in [0.1, 0.15) is 0 Å². The Labute approximate surface area is 294 Å². The minimum absolute atomic E-state index is 1.12. The van der Waals surface area contributed by atoms with Crippen molar-refractivity contribution in [2.45, 2.75) is 0 Å². The highest BCUT2D eigenvalue weighted by Gasteiger charge is 2.19. The molecule has 1 nitrogen and oxygen atoms in total. The molecule has 0 aliphatic carbocycles. The number of rotatable bonds is 5. The van der Waals surface area contributed by atoms with Crippen LogP contribution < -0.4 is 4.90 Å². The molecular weight excluding hydrogens is 623 g/mol. The van der Waals surface area contributed by atoms with Crippen molar-refractivity contribution in [2.75, 3.05) is 4.90 Å². The van der Waals surface area contributed by atoms with E-state index >= 15 is 0 Å². The lowest BCUT2D eigenvalue weighted by atomic mass is 9.93. The van der Waals surface area contributed by atoms with Crippen LogP contribution in [-0.4, -0.2) is 0 Å². The summed E-state index contributed by atoms with van der Waals surface area (Å²) in [5.41, 5.74) is 8.31. The van der Waals surface area contributed by atoms with Gasteiger partial charge in [0.25, 0.3) is 0 Å². The lowest BCUT2D eigenvalue weighted by molar-refractivity contribution is 1.30. The molecule has 234 valence electrons. The maximum absolute atomic E-state index is 2.43. The van der Waals surface area contributed by atoms with E-state index in [-0.39, 0.29) is 0 Å². The normalized spacial score (nSPS) is 11.6. The van der Waals surface area contributed by atoms with Gasteiger partial charge in [0.05, 0.1) is 5.69 Å². The van der Waals surface area contributed by atoms with Crippen LogP contribution in [0.5, 0.6) is 0 Å². The fourth-order valence-corrected chi connectivity index (χ4v) is 8.93. The van der Waals surface area contributed by atoms with Crippen molar-refractivity contribution in [1.29, 1.82) is 0 Å². The van der Waals surface area contributed by atoms with Gasteiger partial charge in [-0.15, -0.1) is 11.3 Å². The lowest BCUT2D eigenvalue weighted by Gasteiger charge is -2.27. The number of hydrogen-bond donors (Lipinski definition) is 0. The summed E-state index contributed by atoms with van der Waals surface area (Å²) in [5.74, 6) is 0. The zero-order valence-electron chi connectivity index (χ0n) is 27.3. The highest BCUT2D eigenvalue weighted by atomic mass is 32.1. The maximum atomic E-state index is 2.43. The van der Waals surface area contributed by atoms with Gasteiger partial charge in [0, 0.05) is 36.9 Å². The van der Waals surface area contributed by atoms with E-state index in [1.54, 1.807) is 0 Å². The lowest BCUT2D eigenvalue weighted by Crippen LogP contribution is -2.10. The third kappa shape index (κ3) is 4.69. The Morgan fingerprint density at radius 1 is 0.360 bits per heavy atom. The number of fused-ring (bicyclic) bond motifs is 8. The summed E-state index contributed by atoms with van der Waals surface area (Å²) >= 11 is 1.89. The Balaban J connectivity index is 1.17. The number of nitrogens with zero attached hydrogens (tertiary/aromatic N) is 1.